The Kier molecular flexibility index (Phi) is 8.09. The van der Waals surface area contributed by atoms with E-state index < -0.39 is 11.6 Å². The average Bonchev–Trinajstić information content (AvgIpc) is 2.85. The zero-order valence-corrected chi connectivity index (χ0v) is 21.4. The number of anilines is 2. The first kappa shape index (κ1) is 26.6. The second-order valence-electron chi connectivity index (χ2n) is 9.33. The predicted octanol–water partition coefficient (Wildman–Crippen LogP) is 3.65. The molecule has 1 aromatic heterocycles. The third kappa shape index (κ3) is 6.08. The first-order valence-corrected chi connectivity index (χ1v) is 12.0. The highest BCUT2D eigenvalue weighted by Gasteiger charge is 2.23. The van der Waals surface area contributed by atoms with Crippen molar-refractivity contribution in [1.29, 1.82) is 0 Å². The van der Waals surface area contributed by atoms with Crippen LogP contribution in [0.2, 0.25) is 0 Å². The summed E-state index contributed by atoms with van der Waals surface area (Å²) in [4.78, 5) is 31.2. The minimum Gasteiger partial charge on any atom is -0.440 e. The van der Waals surface area contributed by atoms with Gasteiger partial charge in [-0.05, 0) is 31.2 Å². The Balaban J connectivity index is 1.86. The standard InChI is InChI=1S/C27H31F2N3O5/c1-17-15-32(6-8-36-17)25-14-24(33)23-10-18(27(34)30(2)3)9-19(26(23)37-25)16-31(5-7-35-4)22-12-20(28)11-21(29)13-22/h9-14,17H,5-8,15-16H2,1-4H3/t17-/m1/s1. The van der Waals surface area contributed by atoms with Gasteiger partial charge < -0.3 is 28.6 Å². The molecule has 1 saturated heterocycles. The number of nitrogens with zero attached hydrogens (tertiary/aromatic N) is 3. The van der Waals surface area contributed by atoms with Gasteiger partial charge >= 0.3 is 0 Å². The van der Waals surface area contributed by atoms with Crippen LogP contribution in [0.1, 0.15) is 22.8 Å². The van der Waals surface area contributed by atoms with E-state index in [1.54, 1.807) is 25.1 Å². The van der Waals surface area contributed by atoms with Crippen LogP contribution in [0.3, 0.4) is 0 Å². The van der Waals surface area contributed by atoms with Crippen LogP contribution in [-0.2, 0) is 16.0 Å². The summed E-state index contributed by atoms with van der Waals surface area (Å²) >= 11 is 0. The molecule has 198 valence electrons. The van der Waals surface area contributed by atoms with E-state index >= 15 is 0 Å². The number of hydrogen-bond acceptors (Lipinski definition) is 7. The van der Waals surface area contributed by atoms with Gasteiger partial charge in [-0.15, -0.1) is 0 Å². The first-order valence-electron chi connectivity index (χ1n) is 12.0. The monoisotopic (exact) mass is 515 g/mol. The number of halogens is 2. The molecule has 0 radical (unpaired) electrons. The Morgan fingerprint density at radius 1 is 1.14 bits per heavy atom. The summed E-state index contributed by atoms with van der Waals surface area (Å²) in [6.45, 7) is 4.27. The lowest BCUT2D eigenvalue weighted by Crippen LogP contribution is -2.41. The third-order valence-electron chi connectivity index (χ3n) is 6.24. The first-order chi connectivity index (χ1) is 17.7. The van der Waals surface area contributed by atoms with E-state index in [0.717, 1.165) is 6.07 Å². The molecular weight excluding hydrogens is 484 g/mol. The smallest absolute Gasteiger partial charge is 0.253 e. The van der Waals surface area contributed by atoms with E-state index in [1.807, 2.05) is 11.8 Å². The molecule has 2 aromatic carbocycles. The number of benzene rings is 2. The van der Waals surface area contributed by atoms with Gasteiger partial charge in [0.25, 0.3) is 5.91 Å². The Morgan fingerprint density at radius 3 is 2.51 bits per heavy atom. The maximum absolute atomic E-state index is 14.1. The number of morpholine rings is 1. The van der Waals surface area contributed by atoms with Crippen LogP contribution in [0.25, 0.3) is 11.0 Å². The number of carbonyl (C=O) groups is 1. The topological polar surface area (TPSA) is 75.5 Å². The number of carbonyl (C=O) groups excluding carboxylic acids is 1. The van der Waals surface area contributed by atoms with Crippen LogP contribution >= 0.6 is 0 Å². The second-order valence-corrected chi connectivity index (χ2v) is 9.33. The second kappa shape index (κ2) is 11.3. The van der Waals surface area contributed by atoms with Crippen molar-refractivity contribution in [2.45, 2.75) is 19.6 Å². The lowest BCUT2D eigenvalue weighted by Gasteiger charge is -2.31. The Hall–Kier alpha value is -3.50. The molecule has 2 heterocycles. The molecule has 1 atom stereocenters. The van der Waals surface area contributed by atoms with Crippen molar-refractivity contribution in [1.82, 2.24) is 4.90 Å². The number of hydrogen-bond donors (Lipinski definition) is 0. The molecule has 1 aliphatic heterocycles. The fourth-order valence-corrected chi connectivity index (χ4v) is 4.42. The molecule has 8 nitrogen and oxygen atoms in total. The zero-order chi connectivity index (χ0) is 26.7. The van der Waals surface area contributed by atoms with Gasteiger partial charge in [-0.3, -0.25) is 9.59 Å². The van der Waals surface area contributed by atoms with E-state index in [1.165, 1.54) is 36.3 Å². The molecular formula is C27H31F2N3O5. The van der Waals surface area contributed by atoms with Crippen LogP contribution in [0.4, 0.5) is 20.4 Å². The quantitative estimate of drug-likeness (QED) is 0.453. The van der Waals surface area contributed by atoms with Gasteiger partial charge in [0, 0.05) is 76.3 Å². The molecule has 1 aliphatic rings. The molecule has 37 heavy (non-hydrogen) atoms. The Bertz CT molecular complexity index is 1320. The summed E-state index contributed by atoms with van der Waals surface area (Å²) in [5, 5.41) is 0.255. The molecule has 0 bridgehead atoms. The fraction of sp³-hybridized carbons (Fsp3) is 0.407. The lowest BCUT2D eigenvalue weighted by atomic mass is 10.0. The molecule has 1 amide bonds. The molecule has 0 N–H and O–H groups in total. The molecule has 0 unspecified atom stereocenters. The van der Waals surface area contributed by atoms with Gasteiger partial charge in [-0.1, -0.05) is 0 Å². The summed E-state index contributed by atoms with van der Waals surface area (Å²) in [7, 11) is 4.78. The SMILES string of the molecule is COCCN(Cc1cc(C(=O)N(C)C)cc2c(=O)cc(N3CCO[C@H](C)C3)oc12)c1cc(F)cc(F)c1. The molecule has 0 saturated carbocycles. The summed E-state index contributed by atoms with van der Waals surface area (Å²) < 4.78 is 45.3. The van der Waals surface area contributed by atoms with E-state index in [4.69, 9.17) is 13.9 Å². The van der Waals surface area contributed by atoms with E-state index in [-0.39, 0.29) is 36.0 Å². The van der Waals surface area contributed by atoms with E-state index in [0.29, 0.717) is 54.5 Å². The average molecular weight is 516 g/mol. The molecule has 1 fully saturated rings. The van der Waals surface area contributed by atoms with Gasteiger partial charge in [-0.25, -0.2) is 8.78 Å². The number of methoxy groups -OCH3 is 1. The van der Waals surface area contributed by atoms with Crippen molar-refractivity contribution in [2.24, 2.45) is 0 Å². The maximum atomic E-state index is 14.1. The van der Waals surface area contributed by atoms with Gasteiger partial charge in [0.15, 0.2) is 11.3 Å². The molecule has 0 spiro atoms. The van der Waals surface area contributed by atoms with Gasteiger partial charge in [0.05, 0.1) is 24.7 Å². The van der Waals surface area contributed by atoms with Crippen LogP contribution in [0, 0.1) is 11.6 Å². The number of ether oxygens (including phenoxy) is 2. The molecule has 4 rings (SSSR count). The van der Waals surface area contributed by atoms with Crippen molar-refractivity contribution in [3.05, 3.63) is 69.4 Å². The lowest BCUT2D eigenvalue weighted by molar-refractivity contribution is 0.0517. The predicted molar refractivity (Wildman–Crippen MR) is 137 cm³/mol. The highest BCUT2D eigenvalue weighted by Crippen LogP contribution is 2.28. The van der Waals surface area contributed by atoms with E-state index in [9.17, 15) is 18.4 Å². The summed E-state index contributed by atoms with van der Waals surface area (Å²) in [5.74, 6) is -1.31. The number of amides is 1. The van der Waals surface area contributed by atoms with Gasteiger partial charge in [0.2, 0.25) is 0 Å². The van der Waals surface area contributed by atoms with Crippen molar-refractivity contribution >= 4 is 28.4 Å². The van der Waals surface area contributed by atoms with Crippen molar-refractivity contribution in [3.8, 4) is 0 Å². The van der Waals surface area contributed by atoms with Crippen molar-refractivity contribution in [3.63, 3.8) is 0 Å². The van der Waals surface area contributed by atoms with E-state index in [2.05, 4.69) is 0 Å². The molecule has 3 aromatic rings. The largest absolute Gasteiger partial charge is 0.440 e. The van der Waals surface area contributed by atoms with Gasteiger partial charge in [-0.2, -0.15) is 0 Å². The minimum atomic E-state index is -0.714. The summed E-state index contributed by atoms with van der Waals surface area (Å²) in [6, 6.07) is 7.88. The van der Waals surface area contributed by atoms with Crippen LogP contribution in [-0.4, -0.2) is 71.0 Å². The van der Waals surface area contributed by atoms with Crippen LogP contribution in [0.15, 0.2) is 45.6 Å². The van der Waals surface area contributed by atoms with Crippen molar-refractivity contribution in [2.75, 3.05) is 63.9 Å². The highest BCUT2D eigenvalue weighted by atomic mass is 19.1. The van der Waals surface area contributed by atoms with Gasteiger partial charge in [0.1, 0.15) is 17.2 Å². The van der Waals surface area contributed by atoms with Crippen LogP contribution in [0.5, 0.6) is 0 Å². The minimum absolute atomic E-state index is 0.0262. The summed E-state index contributed by atoms with van der Waals surface area (Å²) in [6.07, 6.45) is -0.0262. The zero-order valence-electron chi connectivity index (χ0n) is 21.4. The Labute approximate surface area is 214 Å². The molecule has 10 heteroatoms. The van der Waals surface area contributed by atoms with Crippen LogP contribution < -0.4 is 15.2 Å². The third-order valence-corrected chi connectivity index (χ3v) is 6.24. The Morgan fingerprint density at radius 2 is 1.86 bits per heavy atom. The number of rotatable bonds is 8. The maximum Gasteiger partial charge on any atom is 0.253 e. The summed E-state index contributed by atoms with van der Waals surface area (Å²) in [5.41, 5.74) is 1.17. The normalized spacial score (nSPS) is 15.7. The molecule has 0 aliphatic carbocycles. The van der Waals surface area contributed by atoms with Crippen molar-refractivity contribution < 1.29 is 27.5 Å². The fourth-order valence-electron chi connectivity index (χ4n) is 4.42. The number of fused-ring (bicyclic) bond motifs is 1. The highest BCUT2D eigenvalue weighted by molar-refractivity contribution is 5.98.